The Kier molecular flexibility index (Phi) is 6.69. The number of hydrogen-bond acceptors (Lipinski definition) is 3. The smallest absolute Gasteiger partial charge is 0.0630 e. The van der Waals surface area contributed by atoms with E-state index in [0.717, 1.165) is 26.1 Å². The maximum atomic E-state index is 5.09. The lowest BCUT2D eigenvalue weighted by Gasteiger charge is -2.33. The van der Waals surface area contributed by atoms with Gasteiger partial charge in [0.2, 0.25) is 0 Å². The van der Waals surface area contributed by atoms with Gasteiger partial charge in [-0.15, -0.1) is 0 Å². The molecule has 0 saturated heterocycles. The number of nitrogens with zero attached hydrogens (tertiary/aromatic N) is 2. The quantitative estimate of drug-likeness (QED) is 0.707. The first-order valence-corrected chi connectivity index (χ1v) is 7.62. The molecule has 0 fully saturated rings. The normalized spacial score (nSPS) is 15.0. The van der Waals surface area contributed by atoms with Crippen LogP contribution in [0.3, 0.4) is 0 Å². The molecule has 0 aromatic carbocycles. The Bertz CT molecular complexity index is 387. The van der Waals surface area contributed by atoms with Crippen LogP contribution in [0.15, 0.2) is 12.3 Å². The van der Waals surface area contributed by atoms with Gasteiger partial charge in [-0.3, -0.25) is 4.68 Å². The number of ether oxygens (including phenoxy) is 1. The molecule has 1 atom stereocenters. The Morgan fingerprint density at radius 3 is 2.55 bits per heavy atom. The highest BCUT2D eigenvalue weighted by Gasteiger charge is 2.29. The highest BCUT2D eigenvalue weighted by molar-refractivity contribution is 5.04. The van der Waals surface area contributed by atoms with E-state index in [4.69, 9.17) is 4.74 Å². The monoisotopic (exact) mass is 281 g/mol. The van der Waals surface area contributed by atoms with Crippen LogP contribution in [-0.2, 0) is 11.2 Å². The van der Waals surface area contributed by atoms with Gasteiger partial charge in [0.1, 0.15) is 0 Å². The average Bonchev–Trinajstić information content (AvgIpc) is 2.83. The molecule has 0 aliphatic rings. The van der Waals surface area contributed by atoms with E-state index >= 15 is 0 Å². The summed E-state index contributed by atoms with van der Waals surface area (Å²) in [7, 11) is 1.74. The molecule has 0 amide bonds. The molecule has 116 valence electrons. The van der Waals surface area contributed by atoms with E-state index in [0.29, 0.717) is 12.0 Å². The molecule has 4 heteroatoms. The van der Waals surface area contributed by atoms with E-state index in [1.165, 1.54) is 5.69 Å². The molecule has 0 aliphatic heterocycles. The summed E-state index contributed by atoms with van der Waals surface area (Å²) >= 11 is 0. The minimum atomic E-state index is 0.212. The zero-order valence-corrected chi connectivity index (χ0v) is 13.9. The molecule has 1 unspecified atom stereocenters. The van der Waals surface area contributed by atoms with Crippen molar-refractivity contribution >= 4 is 0 Å². The first-order valence-electron chi connectivity index (χ1n) is 7.62. The first-order chi connectivity index (χ1) is 9.39. The van der Waals surface area contributed by atoms with Gasteiger partial charge >= 0.3 is 0 Å². The fourth-order valence-corrected chi connectivity index (χ4v) is 2.19. The lowest BCUT2D eigenvalue weighted by Crippen LogP contribution is -2.39. The minimum Gasteiger partial charge on any atom is -0.383 e. The van der Waals surface area contributed by atoms with Crippen LogP contribution < -0.4 is 5.32 Å². The zero-order valence-electron chi connectivity index (χ0n) is 13.9. The topological polar surface area (TPSA) is 39.1 Å². The van der Waals surface area contributed by atoms with Crippen molar-refractivity contribution in [1.82, 2.24) is 15.1 Å². The Labute approximate surface area is 123 Å². The van der Waals surface area contributed by atoms with E-state index in [1.807, 2.05) is 4.68 Å². The van der Waals surface area contributed by atoms with Crippen LogP contribution >= 0.6 is 0 Å². The summed E-state index contributed by atoms with van der Waals surface area (Å²) in [6.45, 7) is 13.9. The number of hydrogen-bond donors (Lipinski definition) is 1. The zero-order chi connectivity index (χ0) is 15.2. The molecule has 1 N–H and O–H groups in total. The molecule has 0 bridgehead atoms. The molecular formula is C16H31N3O. The van der Waals surface area contributed by atoms with E-state index < -0.39 is 0 Å². The van der Waals surface area contributed by atoms with Gasteiger partial charge in [-0.05, 0) is 37.7 Å². The van der Waals surface area contributed by atoms with E-state index in [2.05, 4.69) is 57.3 Å². The largest absolute Gasteiger partial charge is 0.383 e. The van der Waals surface area contributed by atoms with Crippen LogP contribution in [0, 0.1) is 11.3 Å². The second kappa shape index (κ2) is 7.79. The fraction of sp³-hybridized carbons (Fsp3) is 0.812. The van der Waals surface area contributed by atoms with Gasteiger partial charge in [0.15, 0.2) is 0 Å². The van der Waals surface area contributed by atoms with Gasteiger partial charge in [0, 0.05) is 32.4 Å². The van der Waals surface area contributed by atoms with Gasteiger partial charge in [0.05, 0.1) is 12.3 Å². The van der Waals surface area contributed by atoms with Crippen LogP contribution in [0.25, 0.3) is 0 Å². The van der Waals surface area contributed by atoms with Crippen molar-refractivity contribution in [2.24, 2.45) is 11.3 Å². The summed E-state index contributed by atoms with van der Waals surface area (Å²) in [5.74, 6) is 0.599. The summed E-state index contributed by atoms with van der Waals surface area (Å²) in [4.78, 5) is 0. The molecule has 1 aromatic rings. The van der Waals surface area contributed by atoms with Crippen molar-refractivity contribution in [3.63, 3.8) is 0 Å². The second-order valence-electron chi connectivity index (χ2n) is 6.54. The SMILES string of the molecule is COCCNCC(C)(Cc1ccn(C(C)C)n1)C(C)C. The average molecular weight is 281 g/mol. The van der Waals surface area contributed by atoms with Crippen molar-refractivity contribution in [3.05, 3.63) is 18.0 Å². The van der Waals surface area contributed by atoms with Crippen LogP contribution in [-0.4, -0.2) is 36.6 Å². The summed E-state index contributed by atoms with van der Waals surface area (Å²) < 4.78 is 7.12. The van der Waals surface area contributed by atoms with Gasteiger partial charge in [-0.2, -0.15) is 5.10 Å². The lowest BCUT2D eigenvalue weighted by atomic mass is 9.75. The van der Waals surface area contributed by atoms with Gasteiger partial charge in [-0.25, -0.2) is 0 Å². The van der Waals surface area contributed by atoms with E-state index in [9.17, 15) is 0 Å². The number of rotatable bonds is 9. The lowest BCUT2D eigenvalue weighted by molar-refractivity contribution is 0.174. The van der Waals surface area contributed by atoms with Gasteiger partial charge in [0.25, 0.3) is 0 Å². The molecule has 20 heavy (non-hydrogen) atoms. The number of nitrogens with one attached hydrogen (secondary N) is 1. The maximum absolute atomic E-state index is 5.09. The molecule has 0 saturated carbocycles. The third-order valence-corrected chi connectivity index (χ3v) is 4.18. The third-order valence-electron chi connectivity index (χ3n) is 4.18. The van der Waals surface area contributed by atoms with Crippen LogP contribution in [0.2, 0.25) is 0 Å². The van der Waals surface area contributed by atoms with Crippen LogP contribution in [0.4, 0.5) is 0 Å². The summed E-state index contributed by atoms with van der Waals surface area (Å²) in [6.07, 6.45) is 3.09. The second-order valence-corrected chi connectivity index (χ2v) is 6.54. The summed E-state index contributed by atoms with van der Waals surface area (Å²) in [5, 5.41) is 8.18. The van der Waals surface area contributed by atoms with E-state index in [-0.39, 0.29) is 5.41 Å². The van der Waals surface area contributed by atoms with Crippen LogP contribution in [0.1, 0.15) is 46.4 Å². The van der Waals surface area contributed by atoms with Gasteiger partial charge < -0.3 is 10.1 Å². The highest BCUT2D eigenvalue weighted by Crippen LogP contribution is 2.30. The molecular weight excluding hydrogens is 250 g/mol. The standard InChI is InChI=1S/C16H31N3O/c1-13(2)16(5,12-17-8-10-20-6)11-15-7-9-19(18-15)14(3)4/h7,9,13-14,17H,8,10-12H2,1-6H3. The Balaban J connectivity index is 2.64. The summed E-state index contributed by atoms with van der Waals surface area (Å²) in [6, 6.07) is 2.57. The fourth-order valence-electron chi connectivity index (χ4n) is 2.19. The first kappa shape index (κ1) is 17.2. The Morgan fingerprint density at radius 2 is 2.05 bits per heavy atom. The third kappa shape index (κ3) is 4.91. The van der Waals surface area contributed by atoms with E-state index in [1.54, 1.807) is 7.11 Å². The van der Waals surface area contributed by atoms with Crippen LogP contribution in [0.5, 0.6) is 0 Å². The van der Waals surface area contributed by atoms with Crippen molar-refractivity contribution in [2.75, 3.05) is 26.8 Å². The Hall–Kier alpha value is -0.870. The van der Waals surface area contributed by atoms with Crippen molar-refractivity contribution < 1.29 is 4.74 Å². The van der Waals surface area contributed by atoms with Crippen molar-refractivity contribution in [3.8, 4) is 0 Å². The molecule has 0 radical (unpaired) electrons. The highest BCUT2D eigenvalue weighted by atomic mass is 16.5. The molecule has 1 heterocycles. The maximum Gasteiger partial charge on any atom is 0.0630 e. The molecule has 1 aromatic heterocycles. The molecule has 0 spiro atoms. The minimum absolute atomic E-state index is 0.212. The van der Waals surface area contributed by atoms with Crippen molar-refractivity contribution in [1.29, 1.82) is 0 Å². The molecule has 0 aliphatic carbocycles. The Morgan fingerprint density at radius 1 is 1.35 bits per heavy atom. The molecule has 4 nitrogen and oxygen atoms in total. The number of aromatic nitrogens is 2. The van der Waals surface area contributed by atoms with Gasteiger partial charge in [-0.1, -0.05) is 20.8 Å². The number of methoxy groups -OCH3 is 1. The van der Waals surface area contributed by atoms with Crippen molar-refractivity contribution in [2.45, 2.75) is 47.1 Å². The predicted molar refractivity (Wildman–Crippen MR) is 84.0 cm³/mol. The predicted octanol–water partition coefficient (Wildman–Crippen LogP) is 2.90. The molecule has 1 rings (SSSR count). The summed E-state index contributed by atoms with van der Waals surface area (Å²) in [5.41, 5.74) is 1.40.